The number of hydrogen-bond donors (Lipinski definition) is 1. The molecule has 0 bridgehead atoms. The predicted octanol–water partition coefficient (Wildman–Crippen LogP) is 2.25. The first-order valence-corrected chi connectivity index (χ1v) is 6.29. The molecule has 1 aromatic carbocycles. The number of rotatable bonds is 7. The Labute approximate surface area is 105 Å². The molecule has 1 unspecified atom stereocenters. The second-order valence-electron chi connectivity index (χ2n) is 4.44. The lowest BCUT2D eigenvalue weighted by atomic mass is 10.2. The van der Waals surface area contributed by atoms with E-state index in [1.54, 1.807) is 0 Å². The molecule has 0 saturated heterocycles. The van der Waals surface area contributed by atoms with Gasteiger partial charge in [-0.3, -0.25) is 0 Å². The number of nitrogens with zero attached hydrogens (tertiary/aromatic N) is 1. The molecule has 1 aromatic rings. The fraction of sp³-hybridized carbons (Fsp3) is 0.571. The zero-order chi connectivity index (χ0) is 12.7. The Hall–Kier alpha value is -1.06. The lowest BCUT2D eigenvalue weighted by Crippen LogP contribution is -2.32. The fourth-order valence-electron chi connectivity index (χ4n) is 1.60. The van der Waals surface area contributed by atoms with Crippen molar-refractivity contribution >= 4 is 0 Å². The molecule has 0 heterocycles. The van der Waals surface area contributed by atoms with Gasteiger partial charge in [-0.15, -0.1) is 0 Å². The van der Waals surface area contributed by atoms with E-state index in [2.05, 4.69) is 25.8 Å². The molecule has 0 aliphatic heterocycles. The highest BCUT2D eigenvalue weighted by Crippen LogP contribution is 2.12. The van der Waals surface area contributed by atoms with Gasteiger partial charge >= 0.3 is 0 Å². The van der Waals surface area contributed by atoms with Gasteiger partial charge in [0.1, 0.15) is 12.4 Å². The SMILES string of the molecule is CCC(C)N(C)CCOc1cccc(CN)c1. The van der Waals surface area contributed by atoms with Crippen LogP contribution in [-0.2, 0) is 6.54 Å². The second kappa shape index (κ2) is 7.30. The third-order valence-corrected chi connectivity index (χ3v) is 3.19. The highest BCUT2D eigenvalue weighted by Gasteiger charge is 2.06. The van der Waals surface area contributed by atoms with Crippen molar-refractivity contribution in [3.8, 4) is 5.75 Å². The van der Waals surface area contributed by atoms with Gasteiger partial charge in [0.15, 0.2) is 0 Å². The number of likely N-dealkylation sites (N-methyl/N-ethyl adjacent to an activating group) is 1. The molecule has 0 spiro atoms. The molecule has 1 rings (SSSR count). The van der Waals surface area contributed by atoms with Crippen molar-refractivity contribution < 1.29 is 4.74 Å². The van der Waals surface area contributed by atoms with Crippen molar-refractivity contribution in [1.29, 1.82) is 0 Å². The Morgan fingerprint density at radius 1 is 1.41 bits per heavy atom. The second-order valence-corrected chi connectivity index (χ2v) is 4.44. The van der Waals surface area contributed by atoms with Crippen LogP contribution >= 0.6 is 0 Å². The third kappa shape index (κ3) is 4.75. The Morgan fingerprint density at radius 3 is 2.82 bits per heavy atom. The van der Waals surface area contributed by atoms with Crippen molar-refractivity contribution in [3.05, 3.63) is 29.8 Å². The predicted molar refractivity (Wildman–Crippen MR) is 72.2 cm³/mol. The first-order valence-electron chi connectivity index (χ1n) is 6.29. The van der Waals surface area contributed by atoms with Crippen LogP contribution in [-0.4, -0.2) is 31.1 Å². The molecule has 0 aliphatic carbocycles. The minimum absolute atomic E-state index is 0.559. The van der Waals surface area contributed by atoms with Gasteiger partial charge in [-0.25, -0.2) is 0 Å². The maximum Gasteiger partial charge on any atom is 0.119 e. The molecule has 0 saturated carbocycles. The van der Waals surface area contributed by atoms with Crippen molar-refractivity contribution in [2.45, 2.75) is 32.9 Å². The first kappa shape index (κ1) is 14.0. The summed E-state index contributed by atoms with van der Waals surface area (Å²) in [5, 5.41) is 0. The molecule has 17 heavy (non-hydrogen) atoms. The monoisotopic (exact) mass is 236 g/mol. The van der Waals surface area contributed by atoms with E-state index in [1.165, 1.54) is 6.42 Å². The molecule has 0 fully saturated rings. The van der Waals surface area contributed by atoms with Crippen molar-refractivity contribution in [2.75, 3.05) is 20.2 Å². The molecule has 3 nitrogen and oxygen atoms in total. The third-order valence-electron chi connectivity index (χ3n) is 3.19. The summed E-state index contributed by atoms with van der Waals surface area (Å²) in [7, 11) is 2.13. The van der Waals surface area contributed by atoms with E-state index in [9.17, 15) is 0 Å². The number of hydrogen-bond acceptors (Lipinski definition) is 3. The molecule has 0 radical (unpaired) electrons. The van der Waals surface area contributed by atoms with Crippen LogP contribution in [0.2, 0.25) is 0 Å². The van der Waals surface area contributed by atoms with Crippen LogP contribution in [0.3, 0.4) is 0 Å². The van der Waals surface area contributed by atoms with E-state index < -0.39 is 0 Å². The van der Waals surface area contributed by atoms with Gasteiger partial charge in [0.25, 0.3) is 0 Å². The standard InChI is InChI=1S/C14H24N2O/c1-4-12(2)16(3)8-9-17-14-7-5-6-13(10-14)11-15/h5-7,10,12H,4,8-9,11,15H2,1-3H3. The lowest BCUT2D eigenvalue weighted by molar-refractivity contribution is 0.196. The molecule has 0 amide bonds. The van der Waals surface area contributed by atoms with E-state index in [1.807, 2.05) is 24.3 Å². The molecule has 2 N–H and O–H groups in total. The minimum Gasteiger partial charge on any atom is -0.492 e. The summed E-state index contributed by atoms with van der Waals surface area (Å²) in [5.41, 5.74) is 6.70. The Bertz CT molecular complexity index is 328. The maximum absolute atomic E-state index is 5.72. The summed E-state index contributed by atoms with van der Waals surface area (Å²) in [5.74, 6) is 0.908. The van der Waals surface area contributed by atoms with Crippen LogP contribution in [0.4, 0.5) is 0 Å². The van der Waals surface area contributed by atoms with Gasteiger partial charge in [0, 0.05) is 19.1 Å². The molecule has 96 valence electrons. The number of ether oxygens (including phenoxy) is 1. The normalized spacial score (nSPS) is 12.8. The van der Waals surface area contributed by atoms with Crippen LogP contribution < -0.4 is 10.5 Å². The molecular weight excluding hydrogens is 212 g/mol. The maximum atomic E-state index is 5.72. The molecule has 0 aromatic heterocycles. The Balaban J connectivity index is 2.35. The number of nitrogens with two attached hydrogens (primary N) is 1. The lowest BCUT2D eigenvalue weighted by Gasteiger charge is -2.23. The topological polar surface area (TPSA) is 38.5 Å². The smallest absolute Gasteiger partial charge is 0.119 e. The van der Waals surface area contributed by atoms with Crippen LogP contribution in [0.5, 0.6) is 5.75 Å². The van der Waals surface area contributed by atoms with Crippen LogP contribution in [0, 0.1) is 0 Å². The number of benzene rings is 1. The van der Waals surface area contributed by atoms with Gasteiger partial charge in [0.2, 0.25) is 0 Å². The highest BCUT2D eigenvalue weighted by molar-refractivity contribution is 5.28. The molecular formula is C14H24N2O. The summed E-state index contributed by atoms with van der Waals surface area (Å²) in [6.07, 6.45) is 1.17. The summed E-state index contributed by atoms with van der Waals surface area (Å²) in [4.78, 5) is 2.31. The highest BCUT2D eigenvalue weighted by atomic mass is 16.5. The first-order chi connectivity index (χ1) is 8.17. The molecule has 0 aliphatic rings. The minimum atomic E-state index is 0.559. The summed E-state index contributed by atoms with van der Waals surface area (Å²) >= 11 is 0. The zero-order valence-corrected chi connectivity index (χ0v) is 11.1. The van der Waals surface area contributed by atoms with Crippen molar-refractivity contribution in [1.82, 2.24) is 4.90 Å². The summed E-state index contributed by atoms with van der Waals surface area (Å²) < 4.78 is 5.72. The van der Waals surface area contributed by atoms with E-state index in [-0.39, 0.29) is 0 Å². The quantitative estimate of drug-likeness (QED) is 0.789. The Morgan fingerprint density at radius 2 is 2.18 bits per heavy atom. The Kier molecular flexibility index (Phi) is 6.01. The van der Waals surface area contributed by atoms with E-state index in [0.717, 1.165) is 24.5 Å². The molecule has 3 heteroatoms. The zero-order valence-electron chi connectivity index (χ0n) is 11.1. The average Bonchev–Trinajstić information content (AvgIpc) is 2.37. The van der Waals surface area contributed by atoms with Crippen LogP contribution in [0.25, 0.3) is 0 Å². The van der Waals surface area contributed by atoms with E-state index in [4.69, 9.17) is 10.5 Å². The average molecular weight is 236 g/mol. The van der Waals surface area contributed by atoms with Crippen LogP contribution in [0.1, 0.15) is 25.8 Å². The van der Waals surface area contributed by atoms with Gasteiger partial charge in [-0.05, 0) is 38.1 Å². The van der Waals surface area contributed by atoms with Crippen molar-refractivity contribution in [2.24, 2.45) is 5.73 Å². The largest absolute Gasteiger partial charge is 0.492 e. The summed E-state index contributed by atoms with van der Waals surface area (Å²) in [6, 6.07) is 8.58. The van der Waals surface area contributed by atoms with E-state index >= 15 is 0 Å². The van der Waals surface area contributed by atoms with Crippen LogP contribution in [0.15, 0.2) is 24.3 Å². The molecule has 1 atom stereocenters. The van der Waals surface area contributed by atoms with Gasteiger partial charge in [-0.2, -0.15) is 0 Å². The van der Waals surface area contributed by atoms with Gasteiger partial charge < -0.3 is 15.4 Å². The van der Waals surface area contributed by atoms with Gasteiger partial charge in [0.05, 0.1) is 0 Å². The summed E-state index contributed by atoms with van der Waals surface area (Å²) in [6.45, 7) is 6.66. The van der Waals surface area contributed by atoms with E-state index in [0.29, 0.717) is 12.6 Å². The van der Waals surface area contributed by atoms with Crippen molar-refractivity contribution in [3.63, 3.8) is 0 Å². The fourth-order valence-corrected chi connectivity index (χ4v) is 1.60. The van der Waals surface area contributed by atoms with Gasteiger partial charge in [-0.1, -0.05) is 19.1 Å².